The maximum Gasteiger partial charge on any atom is 0.270 e. The molecule has 1 fully saturated rings. The molecule has 1 aromatic carbocycles. The van der Waals surface area contributed by atoms with Crippen LogP contribution in [0.4, 0.5) is 0 Å². The standard InChI is InChI=1S/C26H21N5O4/c27-10-17-6-16-8-19-15(7-18(16)17)2-3-20(19)31-26(33)22-9-21(29-12-30-22)25(32)28-11-14-1-4-23-24(5-14)35-13-34-23/h1,4-9,12,16,18,20H,2-3,11,13H2,(H,28,32)(H,31,33)/t16-,18?,20-/m0/s1. The molecule has 3 aliphatic carbocycles. The molecule has 35 heavy (non-hydrogen) atoms. The summed E-state index contributed by atoms with van der Waals surface area (Å²) in [5, 5.41) is 15.0. The first kappa shape index (κ1) is 21.1. The van der Waals surface area contributed by atoms with Crippen molar-refractivity contribution < 1.29 is 19.1 Å². The zero-order valence-electron chi connectivity index (χ0n) is 18.7. The summed E-state index contributed by atoms with van der Waals surface area (Å²) in [6.45, 7) is 0.462. The van der Waals surface area contributed by atoms with Crippen molar-refractivity contribution in [1.82, 2.24) is 20.6 Å². The van der Waals surface area contributed by atoms with Crippen molar-refractivity contribution in [2.45, 2.75) is 25.4 Å². The van der Waals surface area contributed by atoms with Crippen LogP contribution in [-0.2, 0) is 6.54 Å². The fourth-order valence-electron chi connectivity index (χ4n) is 4.94. The lowest BCUT2D eigenvalue weighted by atomic mass is 9.70. The molecule has 0 radical (unpaired) electrons. The van der Waals surface area contributed by atoms with E-state index < -0.39 is 5.91 Å². The van der Waals surface area contributed by atoms with Gasteiger partial charge in [0.2, 0.25) is 6.79 Å². The molecule has 0 bridgehead atoms. The van der Waals surface area contributed by atoms with E-state index in [2.05, 4.69) is 38.8 Å². The second-order valence-corrected chi connectivity index (χ2v) is 8.87. The van der Waals surface area contributed by atoms with E-state index in [0.717, 1.165) is 29.6 Å². The molecule has 1 saturated carbocycles. The number of allylic oxidation sites excluding steroid dienone is 4. The van der Waals surface area contributed by atoms with Gasteiger partial charge < -0.3 is 20.1 Å². The molecule has 4 aliphatic rings. The predicted molar refractivity (Wildman–Crippen MR) is 123 cm³/mol. The van der Waals surface area contributed by atoms with Crippen LogP contribution in [0.1, 0.15) is 39.4 Å². The Morgan fingerprint density at radius 1 is 1.06 bits per heavy atom. The first-order valence-electron chi connectivity index (χ1n) is 11.4. The Labute approximate surface area is 201 Å². The molecular formula is C26H21N5O4. The molecule has 9 nitrogen and oxygen atoms in total. The molecule has 0 spiro atoms. The number of carbonyl (C=O) groups is 2. The molecule has 6 rings (SSSR count). The third kappa shape index (κ3) is 3.83. The minimum absolute atomic E-state index is 0.112. The van der Waals surface area contributed by atoms with Crippen LogP contribution in [0.3, 0.4) is 0 Å². The first-order valence-corrected chi connectivity index (χ1v) is 11.4. The second kappa shape index (κ2) is 8.40. The van der Waals surface area contributed by atoms with Gasteiger partial charge >= 0.3 is 0 Å². The number of nitrogens with one attached hydrogen (secondary N) is 2. The Morgan fingerprint density at radius 3 is 2.74 bits per heavy atom. The lowest BCUT2D eigenvalue weighted by Gasteiger charge is -2.33. The number of nitriles is 1. The van der Waals surface area contributed by atoms with Crippen molar-refractivity contribution in [3.8, 4) is 17.6 Å². The SMILES string of the molecule is N#CC1=C[C@H]2C=C3C(=CC12)CC[C@@H]3NC(=O)c1cc(C(=O)NCc2ccc3c(c2)OCO3)ncn1. The van der Waals surface area contributed by atoms with Crippen LogP contribution in [0.5, 0.6) is 11.5 Å². The highest BCUT2D eigenvalue weighted by Crippen LogP contribution is 2.45. The largest absolute Gasteiger partial charge is 0.454 e. The van der Waals surface area contributed by atoms with Gasteiger partial charge in [-0.25, -0.2) is 9.97 Å². The van der Waals surface area contributed by atoms with E-state index in [-0.39, 0.29) is 48.5 Å². The highest BCUT2D eigenvalue weighted by atomic mass is 16.7. The molecule has 174 valence electrons. The molecular weight excluding hydrogens is 446 g/mol. The number of carbonyl (C=O) groups excluding carboxylic acids is 2. The minimum Gasteiger partial charge on any atom is -0.454 e. The van der Waals surface area contributed by atoms with Gasteiger partial charge in [-0.1, -0.05) is 24.3 Å². The maximum atomic E-state index is 12.9. The van der Waals surface area contributed by atoms with Gasteiger partial charge in [-0.05, 0) is 41.7 Å². The quantitative estimate of drug-likeness (QED) is 0.692. The van der Waals surface area contributed by atoms with Crippen LogP contribution >= 0.6 is 0 Å². The summed E-state index contributed by atoms with van der Waals surface area (Å²) in [7, 11) is 0. The van der Waals surface area contributed by atoms with Crippen molar-refractivity contribution in [1.29, 1.82) is 5.26 Å². The Bertz CT molecular complexity index is 1390. The minimum atomic E-state index is -0.406. The number of aromatic nitrogens is 2. The van der Waals surface area contributed by atoms with Gasteiger partial charge in [0.15, 0.2) is 11.5 Å². The van der Waals surface area contributed by atoms with Gasteiger partial charge in [0, 0.05) is 30.0 Å². The molecule has 2 heterocycles. The number of ether oxygens (including phenoxy) is 2. The summed E-state index contributed by atoms with van der Waals surface area (Å²) >= 11 is 0. The lowest BCUT2D eigenvalue weighted by molar-refractivity contribution is 0.0938. The Hall–Kier alpha value is -4.45. The molecule has 1 aromatic heterocycles. The number of nitrogens with zero attached hydrogens (tertiary/aromatic N) is 3. The van der Waals surface area contributed by atoms with E-state index in [1.807, 2.05) is 18.2 Å². The van der Waals surface area contributed by atoms with E-state index in [0.29, 0.717) is 11.5 Å². The van der Waals surface area contributed by atoms with Gasteiger partial charge in [-0.2, -0.15) is 5.26 Å². The average Bonchev–Trinajstić information content (AvgIpc) is 3.50. The summed E-state index contributed by atoms with van der Waals surface area (Å²) in [5.41, 5.74) is 4.23. The topological polar surface area (TPSA) is 126 Å². The number of amides is 2. The van der Waals surface area contributed by atoms with Gasteiger partial charge in [0.25, 0.3) is 11.8 Å². The third-order valence-electron chi connectivity index (χ3n) is 6.80. The lowest BCUT2D eigenvalue weighted by Crippen LogP contribution is -2.36. The van der Waals surface area contributed by atoms with Crippen LogP contribution in [0.15, 0.2) is 65.5 Å². The van der Waals surface area contributed by atoms with E-state index in [1.165, 1.54) is 18.0 Å². The highest BCUT2D eigenvalue weighted by molar-refractivity contribution is 5.97. The molecule has 2 amide bonds. The van der Waals surface area contributed by atoms with Crippen LogP contribution in [-0.4, -0.2) is 34.6 Å². The molecule has 9 heteroatoms. The number of benzene rings is 1. The maximum absolute atomic E-state index is 12.9. The summed E-state index contributed by atoms with van der Waals surface area (Å²) in [6, 6.07) is 8.99. The predicted octanol–water partition coefficient (Wildman–Crippen LogP) is 2.59. The number of hydrogen-bond donors (Lipinski definition) is 2. The normalized spacial score (nSPS) is 22.9. The van der Waals surface area contributed by atoms with Crippen molar-refractivity contribution in [2.75, 3.05) is 6.79 Å². The van der Waals surface area contributed by atoms with Crippen LogP contribution in [0.25, 0.3) is 0 Å². The molecule has 3 atom stereocenters. The van der Waals surface area contributed by atoms with Gasteiger partial charge in [-0.15, -0.1) is 0 Å². The first-order chi connectivity index (χ1) is 17.1. The van der Waals surface area contributed by atoms with Crippen molar-refractivity contribution in [3.63, 3.8) is 0 Å². The molecule has 2 aromatic rings. The highest BCUT2D eigenvalue weighted by Gasteiger charge is 2.38. The number of hydrogen-bond acceptors (Lipinski definition) is 7. The van der Waals surface area contributed by atoms with Crippen molar-refractivity contribution in [2.24, 2.45) is 11.8 Å². The van der Waals surface area contributed by atoms with Crippen molar-refractivity contribution >= 4 is 11.8 Å². The van der Waals surface area contributed by atoms with E-state index in [9.17, 15) is 14.9 Å². The molecule has 2 N–H and O–H groups in total. The molecule has 1 aliphatic heterocycles. The average molecular weight is 467 g/mol. The van der Waals surface area contributed by atoms with E-state index in [4.69, 9.17) is 9.47 Å². The van der Waals surface area contributed by atoms with Crippen molar-refractivity contribution in [3.05, 3.63) is 82.5 Å². The summed E-state index contributed by atoms with van der Waals surface area (Å²) in [5.74, 6) is 0.958. The molecule has 1 unspecified atom stereocenters. The third-order valence-corrected chi connectivity index (χ3v) is 6.80. The monoisotopic (exact) mass is 467 g/mol. The molecule has 0 saturated heterocycles. The fraction of sp³-hybridized carbons (Fsp3) is 0.269. The van der Waals surface area contributed by atoms with Crippen LogP contribution < -0.4 is 20.1 Å². The Balaban J connectivity index is 1.10. The second-order valence-electron chi connectivity index (χ2n) is 8.87. The van der Waals surface area contributed by atoms with Gasteiger partial charge in [-0.3, -0.25) is 9.59 Å². The number of fused-ring (bicyclic) bond motifs is 3. The van der Waals surface area contributed by atoms with E-state index >= 15 is 0 Å². The zero-order valence-corrected chi connectivity index (χ0v) is 18.7. The summed E-state index contributed by atoms with van der Waals surface area (Å²) < 4.78 is 10.7. The summed E-state index contributed by atoms with van der Waals surface area (Å²) in [4.78, 5) is 33.7. The smallest absolute Gasteiger partial charge is 0.270 e. The zero-order chi connectivity index (χ0) is 23.9. The van der Waals surface area contributed by atoms with Crippen LogP contribution in [0.2, 0.25) is 0 Å². The fourth-order valence-corrected chi connectivity index (χ4v) is 4.94. The summed E-state index contributed by atoms with van der Waals surface area (Å²) in [6.07, 6.45) is 9.17. The number of rotatable bonds is 5. The van der Waals surface area contributed by atoms with Crippen LogP contribution in [0, 0.1) is 23.2 Å². The van der Waals surface area contributed by atoms with E-state index in [1.54, 1.807) is 6.07 Å². The Kier molecular flexibility index (Phi) is 5.07. The Morgan fingerprint density at radius 2 is 1.89 bits per heavy atom. The van der Waals surface area contributed by atoms with Gasteiger partial charge in [0.05, 0.1) is 12.1 Å². The van der Waals surface area contributed by atoms with Gasteiger partial charge in [0.1, 0.15) is 17.7 Å².